The van der Waals surface area contributed by atoms with Crippen molar-refractivity contribution in [1.82, 2.24) is 5.32 Å². The fourth-order valence-electron chi connectivity index (χ4n) is 2.53. The van der Waals surface area contributed by atoms with Gasteiger partial charge in [0.15, 0.2) is 5.17 Å². The Morgan fingerprint density at radius 1 is 1.24 bits per heavy atom. The first-order valence-corrected chi connectivity index (χ1v) is 9.60. The number of rotatable bonds is 5. The van der Waals surface area contributed by atoms with Crippen molar-refractivity contribution in [2.75, 3.05) is 7.11 Å². The molecule has 1 amide bonds. The van der Waals surface area contributed by atoms with Crippen molar-refractivity contribution in [2.45, 2.75) is 17.8 Å². The lowest BCUT2D eigenvalue weighted by atomic mass is 10.1. The summed E-state index contributed by atoms with van der Waals surface area (Å²) in [6.45, 7) is 0. The summed E-state index contributed by atoms with van der Waals surface area (Å²) in [4.78, 5) is 12.1. The summed E-state index contributed by atoms with van der Waals surface area (Å²) in [6, 6.07) is 10.2. The number of hydrogen-bond donors (Lipinski definition) is 1. The van der Waals surface area contributed by atoms with Crippen molar-refractivity contribution >= 4 is 40.7 Å². The van der Waals surface area contributed by atoms with Crippen LogP contribution in [0.3, 0.4) is 0 Å². The van der Waals surface area contributed by atoms with E-state index in [-0.39, 0.29) is 28.1 Å². The van der Waals surface area contributed by atoms with Crippen molar-refractivity contribution in [3.63, 3.8) is 0 Å². The minimum absolute atomic E-state index is 0.0421. The molecular weight excluding hydrogens is 427 g/mol. The van der Waals surface area contributed by atoms with Gasteiger partial charge in [-0.25, -0.2) is 0 Å². The van der Waals surface area contributed by atoms with E-state index in [2.05, 4.69) is 15.5 Å². The van der Waals surface area contributed by atoms with E-state index >= 15 is 0 Å². The molecule has 1 saturated heterocycles. The Kier molecular flexibility index (Phi) is 6.49. The molecule has 5 nitrogen and oxygen atoms in total. The highest BCUT2D eigenvalue weighted by atomic mass is 35.5. The second-order valence-corrected chi connectivity index (χ2v) is 7.63. The van der Waals surface area contributed by atoms with Gasteiger partial charge in [-0.1, -0.05) is 23.4 Å². The summed E-state index contributed by atoms with van der Waals surface area (Å²) in [5.41, 5.74) is 0.229. The number of nitrogens with one attached hydrogen (secondary N) is 1. The number of carbonyl (C=O) groups is 1. The van der Waals surface area contributed by atoms with Gasteiger partial charge < -0.3 is 10.1 Å². The predicted molar refractivity (Wildman–Crippen MR) is 108 cm³/mol. The smallest absolute Gasteiger partial charge is 0.416 e. The molecule has 1 N–H and O–H groups in total. The van der Waals surface area contributed by atoms with E-state index < -0.39 is 17.0 Å². The third-order valence-electron chi connectivity index (χ3n) is 4.03. The minimum atomic E-state index is -4.48. The lowest BCUT2D eigenvalue weighted by Crippen LogP contribution is -2.26. The molecule has 152 valence electrons. The largest absolute Gasteiger partial charge is 0.497 e. The molecule has 10 heteroatoms. The van der Waals surface area contributed by atoms with Crippen molar-refractivity contribution in [2.24, 2.45) is 10.2 Å². The summed E-state index contributed by atoms with van der Waals surface area (Å²) >= 11 is 7.10. The van der Waals surface area contributed by atoms with Gasteiger partial charge in [0.1, 0.15) is 5.75 Å². The molecule has 1 fully saturated rings. The van der Waals surface area contributed by atoms with Crippen LogP contribution in [0.15, 0.2) is 52.7 Å². The molecule has 2 aromatic rings. The van der Waals surface area contributed by atoms with Crippen LogP contribution in [0.25, 0.3) is 0 Å². The van der Waals surface area contributed by atoms with Crippen LogP contribution in [0.5, 0.6) is 5.75 Å². The average molecular weight is 442 g/mol. The van der Waals surface area contributed by atoms with Gasteiger partial charge in [-0.2, -0.15) is 18.3 Å². The Balaban J connectivity index is 1.67. The predicted octanol–water partition coefficient (Wildman–Crippen LogP) is 4.53. The van der Waals surface area contributed by atoms with Crippen LogP contribution in [0.1, 0.15) is 16.7 Å². The molecule has 0 radical (unpaired) electrons. The zero-order valence-electron chi connectivity index (χ0n) is 15.0. The Bertz CT molecular complexity index is 962. The molecule has 0 unspecified atom stereocenters. The van der Waals surface area contributed by atoms with Gasteiger partial charge in [-0.05, 0) is 60.0 Å². The number of methoxy groups -OCH3 is 1. The van der Waals surface area contributed by atoms with Crippen molar-refractivity contribution in [3.05, 3.63) is 64.2 Å². The maximum atomic E-state index is 12.9. The number of carbonyl (C=O) groups excluding carboxylic acids is 1. The van der Waals surface area contributed by atoms with E-state index in [4.69, 9.17) is 16.3 Å². The summed E-state index contributed by atoms with van der Waals surface area (Å²) in [5, 5.41) is 10.3. The normalized spacial score (nSPS) is 18.4. The van der Waals surface area contributed by atoms with Crippen LogP contribution in [-0.2, 0) is 17.4 Å². The lowest BCUT2D eigenvalue weighted by Gasteiger charge is -2.12. The topological polar surface area (TPSA) is 63.1 Å². The van der Waals surface area contributed by atoms with E-state index in [1.807, 2.05) is 0 Å². The van der Waals surface area contributed by atoms with Gasteiger partial charge in [0.25, 0.3) is 0 Å². The van der Waals surface area contributed by atoms with Gasteiger partial charge in [0, 0.05) is 5.02 Å². The third kappa shape index (κ3) is 5.51. The summed E-state index contributed by atoms with van der Waals surface area (Å²) < 4.78 is 43.8. The van der Waals surface area contributed by atoms with Gasteiger partial charge in [0.05, 0.1) is 24.1 Å². The van der Waals surface area contributed by atoms with E-state index in [0.717, 1.165) is 29.5 Å². The molecule has 0 aliphatic carbocycles. The molecule has 0 bridgehead atoms. The minimum Gasteiger partial charge on any atom is -0.497 e. The quantitative estimate of drug-likeness (QED) is 0.547. The van der Waals surface area contributed by atoms with Gasteiger partial charge >= 0.3 is 6.18 Å². The monoisotopic (exact) mass is 441 g/mol. The fourth-order valence-corrected chi connectivity index (χ4v) is 3.68. The van der Waals surface area contributed by atoms with E-state index in [1.165, 1.54) is 12.3 Å². The molecule has 3 rings (SSSR count). The first kappa shape index (κ1) is 21.2. The maximum absolute atomic E-state index is 12.9. The Morgan fingerprint density at radius 3 is 2.62 bits per heavy atom. The fraction of sp³-hybridized carbons (Fsp3) is 0.211. The van der Waals surface area contributed by atoms with Crippen LogP contribution < -0.4 is 10.1 Å². The molecular formula is C19H15ClF3N3O2S. The molecule has 1 heterocycles. The number of nitrogens with zero attached hydrogens (tertiary/aromatic N) is 2. The number of hydrogen-bond acceptors (Lipinski definition) is 5. The second-order valence-electron chi connectivity index (χ2n) is 6.03. The van der Waals surface area contributed by atoms with E-state index in [1.54, 1.807) is 31.4 Å². The van der Waals surface area contributed by atoms with Gasteiger partial charge in [-0.3, -0.25) is 4.79 Å². The number of amidine groups is 1. The number of ether oxygens (including phenoxy) is 1. The standard InChI is InChI=1S/C19H15ClF3N3O2S/c1-28-14-5-2-11(3-6-14)10-24-26-18-25-17(27)16(29-18)9-12-8-13(19(21,22)23)4-7-15(12)20/h2-8,10,16H,9H2,1H3,(H,25,26,27)/b24-10-/t16-/m1/s1. The van der Waals surface area contributed by atoms with E-state index in [9.17, 15) is 18.0 Å². The number of halogens is 4. The molecule has 0 saturated carbocycles. The maximum Gasteiger partial charge on any atom is 0.416 e. The first-order valence-electron chi connectivity index (χ1n) is 8.34. The van der Waals surface area contributed by atoms with Crippen molar-refractivity contribution in [3.8, 4) is 5.75 Å². The highest BCUT2D eigenvalue weighted by Crippen LogP contribution is 2.33. The number of amides is 1. The van der Waals surface area contributed by atoms with Crippen molar-refractivity contribution in [1.29, 1.82) is 0 Å². The Hall–Kier alpha value is -2.52. The van der Waals surface area contributed by atoms with Crippen LogP contribution in [0.2, 0.25) is 5.02 Å². The first-order chi connectivity index (χ1) is 13.8. The molecule has 1 atom stereocenters. The van der Waals surface area contributed by atoms with Crippen LogP contribution in [0.4, 0.5) is 13.2 Å². The van der Waals surface area contributed by atoms with Crippen LogP contribution in [0, 0.1) is 0 Å². The highest BCUT2D eigenvalue weighted by Gasteiger charge is 2.34. The summed E-state index contributed by atoms with van der Waals surface area (Å²) in [7, 11) is 1.57. The molecule has 1 aliphatic heterocycles. The zero-order chi connectivity index (χ0) is 21.0. The molecule has 29 heavy (non-hydrogen) atoms. The van der Waals surface area contributed by atoms with Crippen LogP contribution >= 0.6 is 23.4 Å². The van der Waals surface area contributed by atoms with Gasteiger partial charge in [-0.15, -0.1) is 5.10 Å². The zero-order valence-corrected chi connectivity index (χ0v) is 16.6. The molecule has 2 aromatic carbocycles. The SMILES string of the molecule is COc1ccc(/C=N\N=C2\NC(=O)[C@@H](Cc3cc(C(F)(F)F)ccc3Cl)S2)cc1. The number of thioether (sulfide) groups is 1. The Labute approximate surface area is 174 Å². The number of alkyl halides is 3. The molecule has 1 aliphatic rings. The second kappa shape index (κ2) is 8.87. The van der Waals surface area contributed by atoms with Crippen molar-refractivity contribution < 1.29 is 22.7 Å². The van der Waals surface area contributed by atoms with E-state index in [0.29, 0.717) is 5.75 Å². The van der Waals surface area contributed by atoms with Crippen LogP contribution in [-0.4, -0.2) is 29.6 Å². The Morgan fingerprint density at radius 2 is 1.97 bits per heavy atom. The summed E-state index contributed by atoms with van der Waals surface area (Å²) in [6.07, 6.45) is -2.93. The lowest BCUT2D eigenvalue weighted by molar-refractivity contribution is -0.137. The molecule has 0 spiro atoms. The number of benzene rings is 2. The highest BCUT2D eigenvalue weighted by molar-refractivity contribution is 8.15. The average Bonchev–Trinajstić information content (AvgIpc) is 3.02. The van der Waals surface area contributed by atoms with Gasteiger partial charge in [0.2, 0.25) is 5.91 Å². The summed E-state index contributed by atoms with van der Waals surface area (Å²) in [5.74, 6) is 0.352. The third-order valence-corrected chi connectivity index (χ3v) is 5.47. The molecule has 0 aromatic heterocycles.